The summed E-state index contributed by atoms with van der Waals surface area (Å²) in [5, 5.41) is 8.29. The molecule has 18 heavy (non-hydrogen) atoms. The Balaban J connectivity index is 2.42. The van der Waals surface area contributed by atoms with Crippen LogP contribution in [0.3, 0.4) is 0 Å². The van der Waals surface area contributed by atoms with Gasteiger partial charge in [0.05, 0.1) is 17.1 Å². The van der Waals surface area contributed by atoms with Crippen LogP contribution in [0.15, 0.2) is 22.7 Å². The van der Waals surface area contributed by atoms with E-state index in [1.807, 2.05) is 36.7 Å². The standard InChI is InChI=1S/C12H14BrClN4/c1-3-18-12(11(15)7(2)17-18)16-10-6-8(14)4-5-9(10)13/h4-6,16H,3,15H2,1-2H3. The van der Waals surface area contributed by atoms with E-state index in [-0.39, 0.29) is 0 Å². The minimum Gasteiger partial charge on any atom is -0.394 e. The molecule has 2 rings (SSSR count). The Morgan fingerprint density at radius 3 is 2.89 bits per heavy atom. The highest BCUT2D eigenvalue weighted by atomic mass is 79.9. The van der Waals surface area contributed by atoms with Gasteiger partial charge < -0.3 is 11.1 Å². The summed E-state index contributed by atoms with van der Waals surface area (Å²) in [5.74, 6) is 0.790. The summed E-state index contributed by atoms with van der Waals surface area (Å²) in [4.78, 5) is 0. The van der Waals surface area contributed by atoms with Crippen molar-refractivity contribution in [3.8, 4) is 0 Å². The Bertz CT molecular complexity index is 580. The number of nitrogens with zero attached hydrogens (tertiary/aromatic N) is 2. The number of hydrogen-bond donors (Lipinski definition) is 2. The molecule has 0 aliphatic carbocycles. The van der Waals surface area contributed by atoms with Crippen molar-refractivity contribution in [1.82, 2.24) is 9.78 Å². The lowest BCUT2D eigenvalue weighted by Crippen LogP contribution is -2.04. The first-order chi connectivity index (χ1) is 8.52. The van der Waals surface area contributed by atoms with E-state index in [0.717, 1.165) is 28.2 Å². The average Bonchev–Trinajstić information content (AvgIpc) is 2.61. The third-order valence-corrected chi connectivity index (χ3v) is 3.58. The molecule has 0 saturated heterocycles. The van der Waals surface area contributed by atoms with Gasteiger partial charge in [0.1, 0.15) is 0 Å². The summed E-state index contributed by atoms with van der Waals surface area (Å²) in [5.41, 5.74) is 8.36. The smallest absolute Gasteiger partial charge is 0.152 e. The normalized spacial score (nSPS) is 10.7. The van der Waals surface area contributed by atoms with Crippen LogP contribution in [-0.4, -0.2) is 9.78 Å². The molecule has 1 heterocycles. The maximum Gasteiger partial charge on any atom is 0.152 e. The molecular formula is C12H14BrClN4. The van der Waals surface area contributed by atoms with Gasteiger partial charge in [-0.3, -0.25) is 0 Å². The molecule has 0 aliphatic rings. The number of anilines is 3. The monoisotopic (exact) mass is 328 g/mol. The molecule has 0 bridgehead atoms. The van der Waals surface area contributed by atoms with E-state index < -0.39 is 0 Å². The minimum atomic E-state index is 0.656. The Morgan fingerprint density at radius 1 is 1.50 bits per heavy atom. The van der Waals surface area contributed by atoms with E-state index >= 15 is 0 Å². The van der Waals surface area contributed by atoms with Gasteiger partial charge in [-0.25, -0.2) is 4.68 Å². The largest absolute Gasteiger partial charge is 0.394 e. The van der Waals surface area contributed by atoms with Gasteiger partial charge in [-0.15, -0.1) is 0 Å². The van der Waals surface area contributed by atoms with Gasteiger partial charge >= 0.3 is 0 Å². The van der Waals surface area contributed by atoms with Crippen molar-refractivity contribution in [2.45, 2.75) is 20.4 Å². The molecule has 0 atom stereocenters. The summed E-state index contributed by atoms with van der Waals surface area (Å²) >= 11 is 9.46. The molecule has 0 aliphatic heterocycles. The second-order valence-corrected chi connectivity index (χ2v) is 5.20. The van der Waals surface area contributed by atoms with Crippen LogP contribution in [0.25, 0.3) is 0 Å². The van der Waals surface area contributed by atoms with Crippen LogP contribution < -0.4 is 11.1 Å². The molecule has 2 aromatic rings. The molecule has 0 radical (unpaired) electrons. The topological polar surface area (TPSA) is 55.9 Å². The van der Waals surface area contributed by atoms with E-state index in [1.165, 1.54) is 0 Å². The van der Waals surface area contributed by atoms with Crippen molar-refractivity contribution in [3.05, 3.63) is 33.4 Å². The summed E-state index contributed by atoms with van der Waals surface area (Å²) in [6.45, 7) is 4.66. The first-order valence-electron chi connectivity index (χ1n) is 5.58. The fourth-order valence-electron chi connectivity index (χ4n) is 1.68. The molecule has 0 amide bonds. The lowest BCUT2D eigenvalue weighted by molar-refractivity contribution is 0.661. The molecule has 4 nitrogen and oxygen atoms in total. The third kappa shape index (κ3) is 2.47. The Kier molecular flexibility index (Phi) is 3.82. The average molecular weight is 330 g/mol. The number of rotatable bonds is 3. The van der Waals surface area contributed by atoms with Crippen LogP contribution in [0.5, 0.6) is 0 Å². The molecule has 0 spiro atoms. The molecule has 3 N–H and O–H groups in total. The Morgan fingerprint density at radius 2 is 2.22 bits per heavy atom. The molecule has 1 aromatic carbocycles. The van der Waals surface area contributed by atoms with E-state index in [0.29, 0.717) is 10.7 Å². The van der Waals surface area contributed by atoms with Crippen LogP contribution in [0.2, 0.25) is 5.02 Å². The van der Waals surface area contributed by atoms with Crippen LogP contribution in [0.1, 0.15) is 12.6 Å². The lowest BCUT2D eigenvalue weighted by atomic mass is 10.3. The van der Waals surface area contributed by atoms with Crippen LogP contribution in [0.4, 0.5) is 17.2 Å². The van der Waals surface area contributed by atoms with Gasteiger partial charge in [0.25, 0.3) is 0 Å². The van der Waals surface area contributed by atoms with Crippen LogP contribution >= 0.6 is 27.5 Å². The SMILES string of the molecule is CCn1nc(C)c(N)c1Nc1cc(Cl)ccc1Br. The van der Waals surface area contributed by atoms with E-state index in [1.54, 1.807) is 0 Å². The number of aryl methyl sites for hydroxylation is 2. The van der Waals surface area contributed by atoms with Crippen molar-refractivity contribution >= 4 is 44.7 Å². The second kappa shape index (κ2) is 5.20. The Hall–Kier alpha value is -1.20. The number of nitrogen functional groups attached to an aromatic ring is 1. The lowest BCUT2D eigenvalue weighted by Gasteiger charge is -2.11. The fraction of sp³-hybridized carbons (Fsp3) is 0.250. The van der Waals surface area contributed by atoms with Crippen LogP contribution in [0, 0.1) is 6.92 Å². The number of benzene rings is 1. The first kappa shape index (κ1) is 13.2. The second-order valence-electron chi connectivity index (χ2n) is 3.91. The predicted octanol–water partition coefficient (Wildman–Crippen LogP) is 3.95. The molecular weight excluding hydrogens is 316 g/mol. The van der Waals surface area contributed by atoms with E-state index in [9.17, 15) is 0 Å². The number of aromatic nitrogens is 2. The van der Waals surface area contributed by atoms with Crippen molar-refractivity contribution in [2.75, 3.05) is 11.1 Å². The van der Waals surface area contributed by atoms with Gasteiger partial charge in [-0.2, -0.15) is 5.10 Å². The van der Waals surface area contributed by atoms with Crippen molar-refractivity contribution in [2.24, 2.45) is 0 Å². The van der Waals surface area contributed by atoms with Gasteiger partial charge in [0.15, 0.2) is 5.82 Å². The minimum absolute atomic E-state index is 0.656. The highest BCUT2D eigenvalue weighted by Crippen LogP contribution is 2.32. The van der Waals surface area contributed by atoms with Crippen LogP contribution in [-0.2, 0) is 6.54 Å². The zero-order valence-corrected chi connectivity index (χ0v) is 12.5. The summed E-state index contributed by atoms with van der Waals surface area (Å²) in [6.07, 6.45) is 0. The summed E-state index contributed by atoms with van der Waals surface area (Å²) in [6, 6.07) is 5.55. The third-order valence-electron chi connectivity index (χ3n) is 2.65. The van der Waals surface area contributed by atoms with Gasteiger partial charge in [0.2, 0.25) is 0 Å². The highest BCUT2D eigenvalue weighted by Gasteiger charge is 2.12. The van der Waals surface area contributed by atoms with Gasteiger partial charge in [0, 0.05) is 16.0 Å². The molecule has 6 heteroatoms. The number of halogens is 2. The van der Waals surface area contributed by atoms with Crippen molar-refractivity contribution < 1.29 is 0 Å². The van der Waals surface area contributed by atoms with Crippen molar-refractivity contribution in [3.63, 3.8) is 0 Å². The maximum absolute atomic E-state index is 6.02. The first-order valence-corrected chi connectivity index (χ1v) is 6.75. The molecule has 1 aromatic heterocycles. The molecule has 96 valence electrons. The van der Waals surface area contributed by atoms with Gasteiger partial charge in [-0.1, -0.05) is 11.6 Å². The molecule has 0 unspecified atom stereocenters. The highest BCUT2D eigenvalue weighted by molar-refractivity contribution is 9.10. The van der Waals surface area contributed by atoms with E-state index in [2.05, 4.69) is 26.3 Å². The Labute approximate surface area is 119 Å². The number of nitrogens with one attached hydrogen (secondary N) is 1. The molecule has 0 fully saturated rings. The fourth-order valence-corrected chi connectivity index (χ4v) is 2.19. The van der Waals surface area contributed by atoms with Crippen molar-refractivity contribution in [1.29, 1.82) is 0 Å². The van der Waals surface area contributed by atoms with Gasteiger partial charge in [-0.05, 0) is 48.0 Å². The zero-order chi connectivity index (χ0) is 13.3. The predicted molar refractivity (Wildman–Crippen MR) is 79.5 cm³/mol. The maximum atomic E-state index is 6.02. The quantitative estimate of drug-likeness (QED) is 0.896. The summed E-state index contributed by atoms with van der Waals surface area (Å²) in [7, 11) is 0. The molecule has 0 saturated carbocycles. The summed E-state index contributed by atoms with van der Waals surface area (Å²) < 4.78 is 2.76. The zero-order valence-electron chi connectivity index (χ0n) is 10.2. The van der Waals surface area contributed by atoms with E-state index in [4.69, 9.17) is 17.3 Å². The number of hydrogen-bond acceptors (Lipinski definition) is 3. The number of nitrogens with two attached hydrogens (primary N) is 1.